The number of hydrogen-bond acceptors (Lipinski definition) is 6. The number of carbonyl (C=O) groups is 3. The third kappa shape index (κ3) is 5.85. The highest BCUT2D eigenvalue weighted by Gasteiger charge is 2.17. The van der Waals surface area contributed by atoms with E-state index < -0.39 is 11.8 Å². The van der Waals surface area contributed by atoms with E-state index in [1.807, 2.05) is 0 Å². The summed E-state index contributed by atoms with van der Waals surface area (Å²) in [7, 11) is 0. The maximum absolute atomic E-state index is 12.1. The number of hydrazone groups is 1. The Hall–Kier alpha value is -2.94. The van der Waals surface area contributed by atoms with Crippen molar-refractivity contribution in [1.29, 1.82) is 0 Å². The quantitative estimate of drug-likeness (QED) is 0.403. The number of nitrogens with zero attached hydrogens (tertiary/aromatic N) is 2. The highest BCUT2D eigenvalue weighted by Crippen LogP contribution is 2.16. The van der Waals surface area contributed by atoms with Gasteiger partial charge in [-0.3, -0.25) is 14.4 Å². The molecule has 140 valence electrons. The maximum atomic E-state index is 12.1. The van der Waals surface area contributed by atoms with Crippen LogP contribution in [-0.4, -0.2) is 68.3 Å². The lowest BCUT2D eigenvalue weighted by Gasteiger charge is -2.26. The van der Waals surface area contributed by atoms with E-state index in [2.05, 4.69) is 15.8 Å². The van der Waals surface area contributed by atoms with E-state index in [0.717, 1.165) is 0 Å². The maximum Gasteiger partial charge on any atom is 0.329 e. The second-order valence-electron chi connectivity index (χ2n) is 5.38. The van der Waals surface area contributed by atoms with Crippen LogP contribution in [0.4, 0.5) is 0 Å². The average Bonchev–Trinajstić information content (AvgIpc) is 2.67. The molecule has 9 nitrogen and oxygen atoms in total. The summed E-state index contributed by atoms with van der Waals surface area (Å²) >= 11 is 0. The van der Waals surface area contributed by atoms with E-state index in [-0.39, 0.29) is 12.5 Å². The lowest BCUT2D eigenvalue weighted by molar-refractivity contribution is -0.139. The van der Waals surface area contributed by atoms with Crippen LogP contribution in [0.1, 0.15) is 12.5 Å². The van der Waals surface area contributed by atoms with Crippen molar-refractivity contribution in [2.75, 3.05) is 39.5 Å². The van der Waals surface area contributed by atoms with Crippen molar-refractivity contribution in [3.63, 3.8) is 0 Å². The minimum Gasteiger partial charge on any atom is -0.483 e. The van der Waals surface area contributed by atoms with Gasteiger partial charge in [0.25, 0.3) is 5.91 Å². The fraction of sp³-hybridized carbons (Fsp3) is 0.412. The fourth-order valence-corrected chi connectivity index (χ4v) is 2.21. The first kappa shape index (κ1) is 19.4. The molecule has 0 atom stereocenters. The van der Waals surface area contributed by atoms with Crippen LogP contribution in [0.2, 0.25) is 0 Å². The Balaban J connectivity index is 1.90. The first-order chi connectivity index (χ1) is 12.6. The topological polar surface area (TPSA) is 109 Å². The van der Waals surface area contributed by atoms with Gasteiger partial charge in [0.15, 0.2) is 6.61 Å². The molecule has 26 heavy (non-hydrogen) atoms. The SMILES string of the molecule is CCNC(=O)C(=O)N/N=C\c1ccccc1OCC(=O)N1CCOCC1. The van der Waals surface area contributed by atoms with Gasteiger partial charge in [-0.25, -0.2) is 5.43 Å². The summed E-state index contributed by atoms with van der Waals surface area (Å²) in [5.74, 6) is -1.29. The van der Waals surface area contributed by atoms with Crippen molar-refractivity contribution in [2.45, 2.75) is 6.92 Å². The Labute approximate surface area is 151 Å². The first-order valence-electron chi connectivity index (χ1n) is 8.30. The average molecular weight is 362 g/mol. The molecule has 3 amide bonds. The van der Waals surface area contributed by atoms with Crippen LogP contribution in [0.15, 0.2) is 29.4 Å². The van der Waals surface area contributed by atoms with Gasteiger partial charge in [-0.05, 0) is 19.1 Å². The summed E-state index contributed by atoms with van der Waals surface area (Å²) in [5, 5.41) is 6.11. The summed E-state index contributed by atoms with van der Waals surface area (Å²) in [6, 6.07) is 6.94. The molecule has 0 radical (unpaired) electrons. The molecular formula is C17H22N4O5. The normalized spacial score (nSPS) is 14.1. The molecule has 0 unspecified atom stereocenters. The minimum absolute atomic E-state index is 0.101. The third-order valence-corrected chi connectivity index (χ3v) is 3.55. The zero-order chi connectivity index (χ0) is 18.8. The number of para-hydroxylation sites is 1. The van der Waals surface area contributed by atoms with E-state index >= 15 is 0 Å². The molecule has 1 aromatic carbocycles. The zero-order valence-corrected chi connectivity index (χ0v) is 14.6. The van der Waals surface area contributed by atoms with E-state index in [1.165, 1.54) is 6.21 Å². The van der Waals surface area contributed by atoms with E-state index in [4.69, 9.17) is 9.47 Å². The van der Waals surface area contributed by atoms with Crippen molar-refractivity contribution in [1.82, 2.24) is 15.6 Å². The Kier molecular flexibility index (Phi) is 7.56. The van der Waals surface area contributed by atoms with Crippen LogP contribution in [-0.2, 0) is 19.1 Å². The largest absolute Gasteiger partial charge is 0.483 e. The van der Waals surface area contributed by atoms with Gasteiger partial charge < -0.3 is 19.7 Å². The lowest BCUT2D eigenvalue weighted by atomic mass is 10.2. The molecule has 2 N–H and O–H groups in total. The van der Waals surface area contributed by atoms with Crippen LogP contribution < -0.4 is 15.5 Å². The Morgan fingerprint density at radius 1 is 1.23 bits per heavy atom. The van der Waals surface area contributed by atoms with Crippen LogP contribution >= 0.6 is 0 Å². The number of carbonyl (C=O) groups excluding carboxylic acids is 3. The number of amides is 3. The molecule has 0 aromatic heterocycles. The molecule has 0 saturated carbocycles. The second kappa shape index (κ2) is 10.1. The predicted molar refractivity (Wildman–Crippen MR) is 93.8 cm³/mol. The van der Waals surface area contributed by atoms with Gasteiger partial charge in [-0.15, -0.1) is 0 Å². The van der Waals surface area contributed by atoms with E-state index in [9.17, 15) is 14.4 Å². The summed E-state index contributed by atoms with van der Waals surface area (Å²) in [5.41, 5.74) is 2.70. The second-order valence-corrected chi connectivity index (χ2v) is 5.38. The lowest BCUT2D eigenvalue weighted by Crippen LogP contribution is -2.43. The van der Waals surface area contributed by atoms with Crippen molar-refractivity contribution in [3.8, 4) is 5.75 Å². The third-order valence-electron chi connectivity index (χ3n) is 3.55. The molecule has 2 rings (SSSR count). The molecule has 1 fully saturated rings. The van der Waals surface area contributed by atoms with Gasteiger partial charge in [0.1, 0.15) is 5.75 Å². The number of benzene rings is 1. The smallest absolute Gasteiger partial charge is 0.329 e. The number of nitrogens with one attached hydrogen (secondary N) is 2. The number of likely N-dealkylation sites (N-methyl/N-ethyl adjacent to an activating group) is 1. The minimum atomic E-state index is -0.857. The fourth-order valence-electron chi connectivity index (χ4n) is 2.21. The molecule has 1 aliphatic heterocycles. The monoisotopic (exact) mass is 362 g/mol. The first-order valence-corrected chi connectivity index (χ1v) is 8.30. The Morgan fingerprint density at radius 2 is 1.96 bits per heavy atom. The number of hydrogen-bond donors (Lipinski definition) is 2. The molecule has 9 heteroatoms. The van der Waals surface area contributed by atoms with Crippen LogP contribution in [0.5, 0.6) is 5.75 Å². The van der Waals surface area contributed by atoms with E-state index in [1.54, 1.807) is 36.1 Å². The number of ether oxygens (including phenoxy) is 2. The molecule has 1 heterocycles. The van der Waals surface area contributed by atoms with Gasteiger partial charge in [0.2, 0.25) is 0 Å². The summed E-state index contributed by atoms with van der Waals surface area (Å²) < 4.78 is 10.8. The molecule has 0 aliphatic carbocycles. The Bertz CT molecular complexity index is 671. The zero-order valence-electron chi connectivity index (χ0n) is 14.6. The van der Waals surface area contributed by atoms with Crippen LogP contribution in [0.3, 0.4) is 0 Å². The summed E-state index contributed by atoms with van der Waals surface area (Å²) in [6.07, 6.45) is 1.35. The van der Waals surface area contributed by atoms with Crippen LogP contribution in [0.25, 0.3) is 0 Å². The standard InChI is InChI=1S/C17H22N4O5/c1-2-18-16(23)17(24)20-19-11-13-5-3-4-6-14(13)26-12-15(22)21-7-9-25-10-8-21/h3-6,11H,2,7-10,12H2,1H3,(H,18,23)(H,20,24)/b19-11-. The van der Waals surface area contributed by atoms with Gasteiger partial charge in [-0.1, -0.05) is 12.1 Å². The summed E-state index contributed by atoms with van der Waals surface area (Å²) in [6.45, 7) is 4.12. The summed E-state index contributed by atoms with van der Waals surface area (Å²) in [4.78, 5) is 36.6. The van der Waals surface area contributed by atoms with Gasteiger partial charge in [-0.2, -0.15) is 5.10 Å². The predicted octanol–water partition coefficient (Wildman–Crippen LogP) is -0.490. The number of morpholine rings is 1. The van der Waals surface area contributed by atoms with Crippen molar-refractivity contribution >= 4 is 23.9 Å². The number of rotatable bonds is 6. The molecule has 1 aromatic rings. The van der Waals surface area contributed by atoms with E-state index in [0.29, 0.717) is 44.2 Å². The van der Waals surface area contributed by atoms with Gasteiger partial charge >= 0.3 is 11.8 Å². The molecule has 0 bridgehead atoms. The molecular weight excluding hydrogens is 340 g/mol. The van der Waals surface area contributed by atoms with Crippen LogP contribution in [0, 0.1) is 0 Å². The highest BCUT2D eigenvalue weighted by molar-refractivity contribution is 6.35. The van der Waals surface area contributed by atoms with Crippen molar-refractivity contribution < 1.29 is 23.9 Å². The highest BCUT2D eigenvalue weighted by atomic mass is 16.5. The Morgan fingerprint density at radius 3 is 2.69 bits per heavy atom. The van der Waals surface area contributed by atoms with Crippen molar-refractivity contribution in [2.24, 2.45) is 5.10 Å². The van der Waals surface area contributed by atoms with Gasteiger partial charge in [0, 0.05) is 25.2 Å². The van der Waals surface area contributed by atoms with Crippen molar-refractivity contribution in [3.05, 3.63) is 29.8 Å². The molecule has 1 aliphatic rings. The molecule has 1 saturated heterocycles. The molecule has 0 spiro atoms. The van der Waals surface area contributed by atoms with Gasteiger partial charge in [0.05, 0.1) is 19.4 Å².